The molecule has 0 spiro atoms. The largest absolute Gasteiger partial charge is 0.497 e. The first-order chi connectivity index (χ1) is 10.2. The van der Waals surface area contributed by atoms with E-state index in [4.69, 9.17) is 14.2 Å². The molecule has 0 saturated carbocycles. The molecule has 4 heteroatoms. The van der Waals surface area contributed by atoms with Gasteiger partial charge in [0.15, 0.2) is 0 Å². The van der Waals surface area contributed by atoms with E-state index in [9.17, 15) is 0 Å². The standard InChI is InChI=1S/C17H21NO3/c1-4-21-15-7-5-13(6-8-15)12-18-14-9-16(19-2)11-17(10-14)20-3/h5-11,18H,4,12H2,1-3H3. The van der Waals surface area contributed by atoms with Gasteiger partial charge in [0.25, 0.3) is 0 Å². The van der Waals surface area contributed by atoms with Gasteiger partial charge in [-0.1, -0.05) is 12.1 Å². The molecule has 0 aliphatic rings. The van der Waals surface area contributed by atoms with Crippen molar-refractivity contribution in [3.8, 4) is 17.2 Å². The van der Waals surface area contributed by atoms with Crippen molar-refractivity contribution in [3.05, 3.63) is 48.0 Å². The van der Waals surface area contributed by atoms with E-state index < -0.39 is 0 Å². The molecule has 0 heterocycles. The third-order valence-corrected chi connectivity index (χ3v) is 3.08. The van der Waals surface area contributed by atoms with Crippen LogP contribution in [0.2, 0.25) is 0 Å². The van der Waals surface area contributed by atoms with Crippen molar-refractivity contribution in [2.24, 2.45) is 0 Å². The Hall–Kier alpha value is -2.36. The Labute approximate surface area is 125 Å². The lowest BCUT2D eigenvalue weighted by molar-refractivity contribution is 0.340. The summed E-state index contributed by atoms with van der Waals surface area (Å²) in [5.74, 6) is 2.43. The Balaban J connectivity index is 2.01. The SMILES string of the molecule is CCOc1ccc(CNc2cc(OC)cc(OC)c2)cc1. The zero-order valence-electron chi connectivity index (χ0n) is 12.7. The van der Waals surface area contributed by atoms with E-state index in [0.717, 1.165) is 29.5 Å². The number of benzene rings is 2. The van der Waals surface area contributed by atoms with Gasteiger partial charge in [-0.05, 0) is 24.6 Å². The maximum Gasteiger partial charge on any atom is 0.124 e. The van der Waals surface area contributed by atoms with E-state index in [0.29, 0.717) is 6.61 Å². The Bertz CT molecular complexity index is 544. The highest BCUT2D eigenvalue weighted by atomic mass is 16.5. The molecule has 4 nitrogen and oxygen atoms in total. The minimum atomic E-state index is 0.682. The fourth-order valence-electron chi connectivity index (χ4n) is 1.98. The van der Waals surface area contributed by atoms with Gasteiger partial charge in [0.2, 0.25) is 0 Å². The number of hydrogen-bond donors (Lipinski definition) is 1. The van der Waals surface area contributed by atoms with Crippen LogP contribution < -0.4 is 19.5 Å². The average Bonchev–Trinajstić information content (AvgIpc) is 2.54. The summed E-state index contributed by atoms with van der Waals surface area (Å²) < 4.78 is 15.9. The van der Waals surface area contributed by atoms with Crippen LogP contribution in [-0.2, 0) is 6.54 Å². The molecular weight excluding hydrogens is 266 g/mol. The lowest BCUT2D eigenvalue weighted by atomic mass is 10.2. The van der Waals surface area contributed by atoms with Crippen LogP contribution in [0.15, 0.2) is 42.5 Å². The van der Waals surface area contributed by atoms with Crippen LogP contribution >= 0.6 is 0 Å². The maximum absolute atomic E-state index is 5.43. The molecule has 0 amide bonds. The highest BCUT2D eigenvalue weighted by molar-refractivity contribution is 5.54. The summed E-state index contributed by atoms with van der Waals surface area (Å²) in [6, 6.07) is 13.8. The van der Waals surface area contributed by atoms with Crippen LogP contribution in [0.5, 0.6) is 17.2 Å². The number of ether oxygens (including phenoxy) is 3. The third-order valence-electron chi connectivity index (χ3n) is 3.08. The summed E-state index contributed by atoms with van der Waals surface area (Å²) in [7, 11) is 3.29. The molecule has 2 aromatic carbocycles. The van der Waals surface area contributed by atoms with E-state index in [2.05, 4.69) is 17.4 Å². The van der Waals surface area contributed by atoms with Crippen molar-refractivity contribution < 1.29 is 14.2 Å². The Morgan fingerprint density at radius 3 is 2.00 bits per heavy atom. The van der Waals surface area contributed by atoms with Gasteiger partial charge < -0.3 is 19.5 Å². The average molecular weight is 287 g/mol. The molecule has 0 aliphatic heterocycles. The molecule has 2 aromatic rings. The predicted molar refractivity (Wildman–Crippen MR) is 84.5 cm³/mol. The normalized spacial score (nSPS) is 10.0. The van der Waals surface area contributed by atoms with E-state index in [-0.39, 0.29) is 0 Å². The van der Waals surface area contributed by atoms with E-state index in [1.165, 1.54) is 5.56 Å². The third kappa shape index (κ3) is 4.31. The van der Waals surface area contributed by atoms with Gasteiger partial charge in [0.05, 0.1) is 20.8 Å². The molecule has 0 fully saturated rings. The number of hydrogen-bond acceptors (Lipinski definition) is 4. The molecule has 0 atom stereocenters. The molecule has 0 aliphatic carbocycles. The van der Waals surface area contributed by atoms with Gasteiger partial charge >= 0.3 is 0 Å². The van der Waals surface area contributed by atoms with Crippen LogP contribution in [0.4, 0.5) is 5.69 Å². The van der Waals surface area contributed by atoms with E-state index in [1.54, 1.807) is 14.2 Å². The molecule has 0 radical (unpaired) electrons. The molecule has 0 unspecified atom stereocenters. The molecule has 0 saturated heterocycles. The topological polar surface area (TPSA) is 39.7 Å². The van der Waals surface area contributed by atoms with Gasteiger partial charge in [-0.3, -0.25) is 0 Å². The first-order valence-electron chi connectivity index (χ1n) is 6.94. The molecule has 0 aromatic heterocycles. The van der Waals surface area contributed by atoms with Crippen LogP contribution in [0.3, 0.4) is 0 Å². The molecular formula is C17H21NO3. The van der Waals surface area contributed by atoms with Crippen LogP contribution in [-0.4, -0.2) is 20.8 Å². The number of rotatable bonds is 7. The zero-order valence-corrected chi connectivity index (χ0v) is 12.7. The Morgan fingerprint density at radius 2 is 1.48 bits per heavy atom. The monoisotopic (exact) mass is 287 g/mol. The second-order valence-electron chi connectivity index (χ2n) is 4.53. The second-order valence-corrected chi connectivity index (χ2v) is 4.53. The fraction of sp³-hybridized carbons (Fsp3) is 0.294. The summed E-state index contributed by atoms with van der Waals surface area (Å²) in [6.07, 6.45) is 0. The van der Waals surface area contributed by atoms with Gasteiger partial charge in [-0.2, -0.15) is 0 Å². The Morgan fingerprint density at radius 1 is 0.857 bits per heavy atom. The highest BCUT2D eigenvalue weighted by Gasteiger charge is 2.02. The molecule has 1 N–H and O–H groups in total. The van der Waals surface area contributed by atoms with Crippen molar-refractivity contribution in [1.29, 1.82) is 0 Å². The van der Waals surface area contributed by atoms with E-state index >= 15 is 0 Å². The summed E-state index contributed by atoms with van der Waals surface area (Å²) in [6.45, 7) is 3.38. The Kier molecular flexibility index (Phi) is 5.32. The van der Waals surface area contributed by atoms with E-state index in [1.807, 2.05) is 37.3 Å². The van der Waals surface area contributed by atoms with Crippen molar-refractivity contribution >= 4 is 5.69 Å². The first-order valence-corrected chi connectivity index (χ1v) is 6.94. The summed E-state index contributed by atoms with van der Waals surface area (Å²) in [5, 5.41) is 3.36. The highest BCUT2D eigenvalue weighted by Crippen LogP contribution is 2.26. The quantitative estimate of drug-likeness (QED) is 0.842. The van der Waals surface area contributed by atoms with Gasteiger partial charge in [0, 0.05) is 30.4 Å². The summed E-state index contributed by atoms with van der Waals surface area (Å²) >= 11 is 0. The van der Waals surface area contributed by atoms with Crippen molar-refractivity contribution in [1.82, 2.24) is 0 Å². The molecule has 2 rings (SSSR count). The van der Waals surface area contributed by atoms with Crippen LogP contribution in [0.25, 0.3) is 0 Å². The fourth-order valence-corrected chi connectivity index (χ4v) is 1.98. The lowest BCUT2D eigenvalue weighted by Gasteiger charge is -2.11. The molecule has 21 heavy (non-hydrogen) atoms. The number of methoxy groups -OCH3 is 2. The van der Waals surface area contributed by atoms with Gasteiger partial charge in [-0.25, -0.2) is 0 Å². The van der Waals surface area contributed by atoms with Gasteiger partial charge in [0.1, 0.15) is 17.2 Å². The second kappa shape index (κ2) is 7.43. The minimum absolute atomic E-state index is 0.682. The smallest absolute Gasteiger partial charge is 0.124 e. The minimum Gasteiger partial charge on any atom is -0.497 e. The summed E-state index contributed by atoms with van der Waals surface area (Å²) in [5.41, 5.74) is 2.14. The number of anilines is 1. The van der Waals surface area contributed by atoms with Crippen molar-refractivity contribution in [2.75, 3.05) is 26.1 Å². The lowest BCUT2D eigenvalue weighted by Crippen LogP contribution is -2.00. The van der Waals surface area contributed by atoms with Crippen molar-refractivity contribution in [2.45, 2.75) is 13.5 Å². The zero-order chi connectivity index (χ0) is 15.1. The molecule has 0 bridgehead atoms. The van der Waals surface area contributed by atoms with Crippen LogP contribution in [0, 0.1) is 0 Å². The first kappa shape index (κ1) is 15.0. The summed E-state index contributed by atoms with van der Waals surface area (Å²) in [4.78, 5) is 0. The molecule has 112 valence electrons. The van der Waals surface area contributed by atoms with Gasteiger partial charge in [-0.15, -0.1) is 0 Å². The number of nitrogens with one attached hydrogen (secondary N) is 1. The predicted octanol–water partition coefficient (Wildman–Crippen LogP) is 3.71. The maximum atomic E-state index is 5.43. The van der Waals surface area contributed by atoms with Crippen molar-refractivity contribution in [3.63, 3.8) is 0 Å². The van der Waals surface area contributed by atoms with Crippen LogP contribution in [0.1, 0.15) is 12.5 Å².